The van der Waals surface area contributed by atoms with Gasteiger partial charge in [0.25, 0.3) is 0 Å². The maximum atomic E-state index is 9.61. The SMILES string of the molecule is CCCCOc1ccc(C(O)C(C)O)cc1. The van der Waals surface area contributed by atoms with Crippen LogP contribution in [0.5, 0.6) is 5.75 Å². The first-order chi connectivity index (χ1) is 7.65. The molecule has 0 aromatic heterocycles. The summed E-state index contributed by atoms with van der Waals surface area (Å²) in [5.74, 6) is 0.801. The molecule has 0 heterocycles. The lowest BCUT2D eigenvalue weighted by Crippen LogP contribution is -2.13. The number of ether oxygens (including phenoxy) is 1. The molecule has 0 bridgehead atoms. The number of rotatable bonds is 6. The first kappa shape index (κ1) is 13.0. The Kier molecular flexibility index (Phi) is 5.29. The number of aliphatic hydroxyl groups excluding tert-OH is 2. The van der Waals surface area contributed by atoms with E-state index in [1.54, 1.807) is 19.1 Å². The molecule has 1 aromatic rings. The standard InChI is InChI=1S/C13H20O3/c1-3-4-9-16-12-7-5-11(6-8-12)13(15)10(2)14/h5-8,10,13-15H,3-4,9H2,1-2H3. The summed E-state index contributed by atoms with van der Waals surface area (Å²) in [6.45, 7) is 4.40. The lowest BCUT2D eigenvalue weighted by Gasteiger charge is -2.14. The van der Waals surface area contributed by atoms with Crippen molar-refractivity contribution in [2.45, 2.75) is 38.9 Å². The Labute approximate surface area is 96.7 Å². The largest absolute Gasteiger partial charge is 0.494 e. The van der Waals surface area contributed by atoms with Crippen LogP contribution in [0.2, 0.25) is 0 Å². The fraction of sp³-hybridized carbons (Fsp3) is 0.538. The maximum Gasteiger partial charge on any atom is 0.119 e. The molecule has 0 fully saturated rings. The Morgan fingerprint density at radius 3 is 2.31 bits per heavy atom. The van der Waals surface area contributed by atoms with Crippen molar-refractivity contribution in [2.75, 3.05) is 6.61 Å². The van der Waals surface area contributed by atoms with E-state index in [0.717, 1.165) is 25.2 Å². The van der Waals surface area contributed by atoms with Crippen LogP contribution < -0.4 is 4.74 Å². The molecule has 2 N–H and O–H groups in total. The van der Waals surface area contributed by atoms with E-state index >= 15 is 0 Å². The molecule has 0 amide bonds. The van der Waals surface area contributed by atoms with E-state index in [-0.39, 0.29) is 0 Å². The molecule has 16 heavy (non-hydrogen) atoms. The lowest BCUT2D eigenvalue weighted by molar-refractivity contribution is 0.0305. The van der Waals surface area contributed by atoms with Crippen molar-refractivity contribution in [3.8, 4) is 5.75 Å². The summed E-state index contributed by atoms with van der Waals surface area (Å²) >= 11 is 0. The highest BCUT2D eigenvalue weighted by atomic mass is 16.5. The zero-order chi connectivity index (χ0) is 12.0. The maximum absolute atomic E-state index is 9.61. The van der Waals surface area contributed by atoms with Crippen LogP contribution in [0.25, 0.3) is 0 Å². The molecule has 2 atom stereocenters. The van der Waals surface area contributed by atoms with E-state index in [2.05, 4.69) is 6.92 Å². The van der Waals surface area contributed by atoms with Crippen molar-refractivity contribution in [3.05, 3.63) is 29.8 Å². The second kappa shape index (κ2) is 6.51. The van der Waals surface area contributed by atoms with Gasteiger partial charge in [0.2, 0.25) is 0 Å². The topological polar surface area (TPSA) is 49.7 Å². The number of hydrogen-bond acceptors (Lipinski definition) is 3. The number of aliphatic hydroxyl groups is 2. The summed E-state index contributed by atoms with van der Waals surface area (Å²) in [6.07, 6.45) is 0.563. The van der Waals surface area contributed by atoms with Gasteiger partial charge in [0.15, 0.2) is 0 Å². The molecule has 3 heteroatoms. The van der Waals surface area contributed by atoms with Crippen LogP contribution in [0.15, 0.2) is 24.3 Å². The van der Waals surface area contributed by atoms with Gasteiger partial charge in [0, 0.05) is 0 Å². The number of unbranched alkanes of at least 4 members (excludes halogenated alkanes) is 1. The summed E-state index contributed by atoms with van der Waals surface area (Å²) in [4.78, 5) is 0. The highest BCUT2D eigenvalue weighted by Gasteiger charge is 2.12. The minimum Gasteiger partial charge on any atom is -0.494 e. The van der Waals surface area contributed by atoms with E-state index < -0.39 is 12.2 Å². The summed E-state index contributed by atoms with van der Waals surface area (Å²) in [5, 5.41) is 18.8. The van der Waals surface area contributed by atoms with Crippen LogP contribution in [0.4, 0.5) is 0 Å². The average molecular weight is 224 g/mol. The van der Waals surface area contributed by atoms with Gasteiger partial charge >= 0.3 is 0 Å². The van der Waals surface area contributed by atoms with Crippen molar-refractivity contribution in [1.82, 2.24) is 0 Å². The number of benzene rings is 1. The fourth-order valence-electron chi connectivity index (χ4n) is 1.37. The van der Waals surface area contributed by atoms with Gasteiger partial charge in [-0.05, 0) is 31.0 Å². The molecule has 3 nitrogen and oxygen atoms in total. The van der Waals surface area contributed by atoms with E-state index in [9.17, 15) is 10.2 Å². The van der Waals surface area contributed by atoms with Gasteiger partial charge in [-0.1, -0.05) is 25.5 Å². The Hall–Kier alpha value is -1.06. The first-order valence-corrected chi connectivity index (χ1v) is 5.74. The van der Waals surface area contributed by atoms with E-state index in [1.165, 1.54) is 0 Å². The van der Waals surface area contributed by atoms with Crippen LogP contribution in [-0.2, 0) is 0 Å². The minimum absolute atomic E-state index is 0.706. The van der Waals surface area contributed by atoms with Gasteiger partial charge in [-0.2, -0.15) is 0 Å². The van der Waals surface area contributed by atoms with Crippen LogP contribution in [0.1, 0.15) is 38.4 Å². The third-order valence-electron chi connectivity index (χ3n) is 2.45. The zero-order valence-electron chi connectivity index (χ0n) is 9.89. The van der Waals surface area contributed by atoms with Gasteiger partial charge in [-0.25, -0.2) is 0 Å². The van der Waals surface area contributed by atoms with E-state index in [1.807, 2.05) is 12.1 Å². The summed E-state index contributed by atoms with van der Waals surface area (Å²) < 4.78 is 5.50. The highest BCUT2D eigenvalue weighted by molar-refractivity contribution is 5.28. The third kappa shape index (κ3) is 3.83. The predicted octanol–water partition coefficient (Wildman–Crippen LogP) is 2.28. The van der Waals surface area contributed by atoms with Crippen molar-refractivity contribution in [1.29, 1.82) is 0 Å². The molecular formula is C13H20O3. The van der Waals surface area contributed by atoms with Crippen LogP contribution >= 0.6 is 0 Å². The van der Waals surface area contributed by atoms with Crippen LogP contribution in [-0.4, -0.2) is 22.9 Å². The summed E-state index contributed by atoms with van der Waals surface area (Å²) in [7, 11) is 0. The monoisotopic (exact) mass is 224 g/mol. The summed E-state index contributed by atoms with van der Waals surface area (Å²) in [6, 6.07) is 7.19. The quantitative estimate of drug-likeness (QED) is 0.729. The van der Waals surface area contributed by atoms with Crippen molar-refractivity contribution < 1.29 is 14.9 Å². The molecule has 1 rings (SSSR count). The highest BCUT2D eigenvalue weighted by Crippen LogP contribution is 2.20. The van der Waals surface area contributed by atoms with Gasteiger partial charge in [0.1, 0.15) is 11.9 Å². The molecule has 0 aliphatic rings. The second-order valence-corrected chi connectivity index (χ2v) is 3.96. The molecule has 90 valence electrons. The Morgan fingerprint density at radius 1 is 1.19 bits per heavy atom. The fourth-order valence-corrected chi connectivity index (χ4v) is 1.37. The number of hydrogen-bond donors (Lipinski definition) is 2. The molecule has 2 unspecified atom stereocenters. The van der Waals surface area contributed by atoms with Crippen molar-refractivity contribution in [3.63, 3.8) is 0 Å². The molecule has 0 radical (unpaired) electrons. The Morgan fingerprint density at radius 2 is 1.81 bits per heavy atom. The first-order valence-electron chi connectivity index (χ1n) is 5.74. The smallest absolute Gasteiger partial charge is 0.119 e. The molecule has 0 aliphatic carbocycles. The van der Waals surface area contributed by atoms with E-state index in [0.29, 0.717) is 5.56 Å². The molecule has 1 aromatic carbocycles. The summed E-state index contributed by atoms with van der Waals surface area (Å²) in [5.41, 5.74) is 0.706. The van der Waals surface area contributed by atoms with Crippen molar-refractivity contribution in [2.24, 2.45) is 0 Å². The normalized spacial score (nSPS) is 14.5. The van der Waals surface area contributed by atoms with Crippen LogP contribution in [0, 0.1) is 0 Å². The molecule has 0 saturated carbocycles. The molecule has 0 spiro atoms. The van der Waals surface area contributed by atoms with Gasteiger partial charge in [-0.15, -0.1) is 0 Å². The van der Waals surface area contributed by atoms with Gasteiger partial charge in [-0.3, -0.25) is 0 Å². The third-order valence-corrected chi connectivity index (χ3v) is 2.45. The second-order valence-electron chi connectivity index (χ2n) is 3.96. The average Bonchev–Trinajstić information content (AvgIpc) is 2.29. The Bertz CT molecular complexity index is 293. The van der Waals surface area contributed by atoms with E-state index in [4.69, 9.17) is 4.74 Å². The van der Waals surface area contributed by atoms with Crippen LogP contribution in [0.3, 0.4) is 0 Å². The minimum atomic E-state index is -0.829. The zero-order valence-corrected chi connectivity index (χ0v) is 9.89. The molecule has 0 aliphatic heterocycles. The van der Waals surface area contributed by atoms with Gasteiger partial charge < -0.3 is 14.9 Å². The molecule has 0 saturated heterocycles. The lowest BCUT2D eigenvalue weighted by atomic mass is 10.1. The van der Waals surface area contributed by atoms with Gasteiger partial charge in [0.05, 0.1) is 12.7 Å². The molecular weight excluding hydrogens is 204 g/mol. The Balaban J connectivity index is 2.54. The predicted molar refractivity (Wildman–Crippen MR) is 63.5 cm³/mol. The van der Waals surface area contributed by atoms with Crippen molar-refractivity contribution >= 4 is 0 Å².